The van der Waals surface area contributed by atoms with Gasteiger partial charge in [-0.1, -0.05) is 213 Å². The number of hydrogen-bond acceptors (Lipinski definition) is 2. The van der Waals surface area contributed by atoms with Crippen LogP contribution in [-0.2, 0) is 22.7 Å². The second kappa shape index (κ2) is 21.9. The summed E-state index contributed by atoms with van der Waals surface area (Å²) in [5.41, 5.74) is 27.1. The minimum Gasteiger partial charge on any atom is -0.454 e. The fourth-order valence-electron chi connectivity index (χ4n) is 16.9. The van der Waals surface area contributed by atoms with Gasteiger partial charge < -0.3 is 27.1 Å². The van der Waals surface area contributed by atoms with Gasteiger partial charge in [0, 0.05) is 87.4 Å². The van der Waals surface area contributed by atoms with Gasteiger partial charge in [-0.05, 0) is 201 Å². The molecule has 0 unspecified atom stereocenters. The molecule has 14 aromatic carbocycles. The third kappa shape index (κ3) is 9.18. The zero-order valence-electron chi connectivity index (χ0n) is 58.5. The lowest BCUT2D eigenvalue weighted by Crippen LogP contribution is -2.20. The highest BCUT2D eigenvalue weighted by atomic mass is 16.3. The molecule has 490 valence electrons. The summed E-state index contributed by atoms with van der Waals surface area (Å²) in [6, 6.07) is 108. The van der Waals surface area contributed by atoms with Crippen molar-refractivity contribution in [1.29, 1.82) is 0 Å². The Kier molecular flexibility index (Phi) is 12.9. The molecule has 0 spiro atoms. The van der Waals surface area contributed by atoms with Crippen molar-refractivity contribution in [3.63, 3.8) is 0 Å². The standard InChI is InChI=1S/C96H74N4O2/c1-94(2,3)63-34-50-84-79(54-63)71-18-10-13-21-82(71)97(84)66-37-26-59(27-38-66)62-32-43-69(44-33-62)100-87-49-25-58(53-78(87)75-46-48-77-73-20-12-16-24-89(73)102-93(77)91(75)100)57-96(7,8)65-36-52-86-81(56-65)80-55-64(95(4,5)6)35-51-85(80)98(86)67-39-28-60(29-40-67)61-30-41-68(42-31-61)99-83-22-14-9-17-70(83)74-45-47-76-72-19-11-15-23-88(72)101-92(76)90(74)99/h9-56H,57H2,1-8H3. The van der Waals surface area contributed by atoms with Gasteiger partial charge in [0.2, 0.25) is 0 Å². The SMILES string of the molecule is CC(C)(C)c1ccc2c(c1)c1ccccc1n2-c1ccc(-c2ccc(-n3c4ccc(CC(C)(C)c5ccc6c(c5)c5cc(C(C)(C)C)ccc5n6-c5ccc(-c6ccc(-n7c8ccccc8c8ccc9c%10ccccc%10oc9c87)cc6)cc5)cc4c4ccc5c6ccccc6oc5c43)cc2)cc1. The van der Waals surface area contributed by atoms with E-state index in [9.17, 15) is 0 Å². The number of benzene rings is 14. The first kappa shape index (κ1) is 59.9. The monoisotopic (exact) mass is 1310 g/mol. The molecule has 6 nitrogen and oxygen atoms in total. The zero-order chi connectivity index (χ0) is 68.7. The van der Waals surface area contributed by atoms with E-state index in [0.29, 0.717) is 0 Å². The lowest BCUT2D eigenvalue weighted by atomic mass is 9.78. The molecule has 6 heterocycles. The maximum Gasteiger partial charge on any atom is 0.160 e. The highest BCUT2D eigenvalue weighted by Gasteiger charge is 2.28. The van der Waals surface area contributed by atoms with Crippen LogP contribution in [0, 0.1) is 0 Å². The lowest BCUT2D eigenvalue weighted by Gasteiger charge is -2.26. The molecular formula is C96H74N4O2. The summed E-state index contributed by atoms with van der Waals surface area (Å²) in [7, 11) is 0. The van der Waals surface area contributed by atoms with E-state index < -0.39 is 0 Å². The van der Waals surface area contributed by atoms with Gasteiger partial charge in [-0.3, -0.25) is 0 Å². The normalized spacial score (nSPS) is 12.7. The summed E-state index contributed by atoms with van der Waals surface area (Å²) in [6.07, 6.45) is 0.842. The summed E-state index contributed by atoms with van der Waals surface area (Å²) >= 11 is 0. The van der Waals surface area contributed by atoms with E-state index in [0.717, 1.165) is 112 Å². The Hall–Kier alpha value is -12.1. The average Bonchev–Trinajstić information content (AvgIpc) is 1.57. The molecule has 0 aliphatic rings. The molecule has 6 heteroatoms. The van der Waals surface area contributed by atoms with E-state index in [1.165, 1.54) is 93.0 Å². The smallest absolute Gasteiger partial charge is 0.160 e. The van der Waals surface area contributed by atoms with Crippen LogP contribution >= 0.6 is 0 Å². The molecule has 20 rings (SSSR count). The van der Waals surface area contributed by atoms with Crippen LogP contribution in [0.25, 0.3) is 176 Å². The van der Waals surface area contributed by atoms with Gasteiger partial charge in [-0.2, -0.15) is 0 Å². The second-order valence-electron chi connectivity index (χ2n) is 31.0. The van der Waals surface area contributed by atoms with E-state index in [-0.39, 0.29) is 16.2 Å². The molecule has 102 heavy (non-hydrogen) atoms. The lowest BCUT2D eigenvalue weighted by molar-refractivity contribution is 0.523. The van der Waals surface area contributed by atoms with Crippen LogP contribution in [0.5, 0.6) is 0 Å². The van der Waals surface area contributed by atoms with Gasteiger partial charge in [0.15, 0.2) is 11.2 Å². The number of aromatic nitrogens is 4. The van der Waals surface area contributed by atoms with E-state index in [1.54, 1.807) is 0 Å². The number of fused-ring (bicyclic) bond motifs is 20. The second-order valence-corrected chi connectivity index (χ2v) is 31.0. The van der Waals surface area contributed by atoms with Crippen molar-refractivity contribution in [3.8, 4) is 45.0 Å². The van der Waals surface area contributed by atoms with E-state index in [2.05, 4.69) is 359 Å². The minimum absolute atomic E-state index is 0.0271. The Bertz CT molecular complexity index is 6840. The average molecular weight is 1320 g/mol. The predicted molar refractivity (Wildman–Crippen MR) is 430 cm³/mol. The van der Waals surface area contributed by atoms with Crippen LogP contribution in [0.1, 0.15) is 77.6 Å². The Labute approximate surface area is 591 Å². The largest absolute Gasteiger partial charge is 0.454 e. The molecule has 20 aromatic rings. The van der Waals surface area contributed by atoms with Crippen molar-refractivity contribution in [2.75, 3.05) is 0 Å². The van der Waals surface area contributed by atoms with Gasteiger partial charge in [0.05, 0.1) is 44.1 Å². The molecule has 0 N–H and O–H groups in total. The Balaban J connectivity index is 0.629. The fraction of sp³-hybridized carbons (Fsp3) is 0.125. The first-order chi connectivity index (χ1) is 49.6. The molecular weight excluding hydrogens is 1240 g/mol. The third-order valence-electron chi connectivity index (χ3n) is 22.3. The van der Waals surface area contributed by atoms with Crippen molar-refractivity contribution in [2.24, 2.45) is 0 Å². The van der Waals surface area contributed by atoms with Crippen LogP contribution in [0.3, 0.4) is 0 Å². The van der Waals surface area contributed by atoms with E-state index in [1.807, 2.05) is 6.07 Å². The van der Waals surface area contributed by atoms with Crippen molar-refractivity contribution in [3.05, 3.63) is 313 Å². The van der Waals surface area contributed by atoms with Gasteiger partial charge in [0.25, 0.3) is 0 Å². The molecule has 0 amide bonds. The fourth-order valence-corrected chi connectivity index (χ4v) is 16.9. The highest BCUT2D eigenvalue weighted by molar-refractivity contribution is 6.23. The van der Waals surface area contributed by atoms with Gasteiger partial charge in [-0.25, -0.2) is 0 Å². The third-order valence-corrected chi connectivity index (χ3v) is 22.3. The van der Waals surface area contributed by atoms with Crippen molar-refractivity contribution < 1.29 is 8.83 Å². The molecule has 0 atom stereocenters. The minimum atomic E-state index is -0.228. The number of para-hydroxylation sites is 4. The quantitative estimate of drug-likeness (QED) is 0.145. The zero-order valence-corrected chi connectivity index (χ0v) is 58.5. The molecule has 0 fully saturated rings. The van der Waals surface area contributed by atoms with Crippen LogP contribution in [-0.4, -0.2) is 18.3 Å². The first-order valence-corrected chi connectivity index (χ1v) is 35.8. The summed E-state index contributed by atoms with van der Waals surface area (Å²) in [6.45, 7) is 18.6. The maximum absolute atomic E-state index is 6.90. The number of nitrogens with zero attached hydrogens (tertiary/aromatic N) is 4. The highest BCUT2D eigenvalue weighted by Crippen LogP contribution is 2.46. The van der Waals surface area contributed by atoms with Crippen LogP contribution in [0.15, 0.2) is 300 Å². The topological polar surface area (TPSA) is 46.0 Å². The Morgan fingerprint density at radius 2 is 0.559 bits per heavy atom. The number of furan rings is 2. The van der Waals surface area contributed by atoms with Crippen LogP contribution < -0.4 is 0 Å². The number of hydrogen-bond donors (Lipinski definition) is 0. The van der Waals surface area contributed by atoms with Crippen LogP contribution in [0.2, 0.25) is 0 Å². The maximum atomic E-state index is 6.90. The number of rotatable bonds is 9. The molecule has 0 saturated carbocycles. The molecule has 0 radical (unpaired) electrons. The summed E-state index contributed by atoms with van der Waals surface area (Å²) in [5.74, 6) is 0. The van der Waals surface area contributed by atoms with Crippen molar-refractivity contribution >= 4 is 131 Å². The van der Waals surface area contributed by atoms with E-state index in [4.69, 9.17) is 8.83 Å². The van der Waals surface area contributed by atoms with Gasteiger partial charge in [0.1, 0.15) is 11.2 Å². The van der Waals surface area contributed by atoms with E-state index >= 15 is 0 Å². The first-order valence-electron chi connectivity index (χ1n) is 35.8. The summed E-state index contributed by atoms with van der Waals surface area (Å²) in [5, 5.41) is 14.4. The molecule has 0 bridgehead atoms. The van der Waals surface area contributed by atoms with Gasteiger partial charge >= 0.3 is 0 Å². The molecule has 0 aliphatic carbocycles. The molecule has 0 aliphatic heterocycles. The molecule has 6 aromatic heterocycles. The van der Waals surface area contributed by atoms with Crippen molar-refractivity contribution in [2.45, 2.75) is 78.1 Å². The Morgan fingerprint density at radius 3 is 1.01 bits per heavy atom. The van der Waals surface area contributed by atoms with Gasteiger partial charge in [-0.15, -0.1) is 0 Å². The van der Waals surface area contributed by atoms with Crippen molar-refractivity contribution in [1.82, 2.24) is 18.3 Å². The molecule has 0 saturated heterocycles. The summed E-state index contributed by atoms with van der Waals surface area (Å²) in [4.78, 5) is 0. The van der Waals surface area contributed by atoms with Crippen LogP contribution in [0.4, 0.5) is 0 Å². The predicted octanol–water partition coefficient (Wildman–Crippen LogP) is 26.3. The Morgan fingerprint density at radius 1 is 0.245 bits per heavy atom. The summed E-state index contributed by atoms with van der Waals surface area (Å²) < 4.78 is 23.2.